The molecule has 3 aliphatic rings. The maximum absolute atomic E-state index is 11.6. The molecule has 19 heavy (non-hydrogen) atoms. The predicted octanol–water partition coefficient (Wildman–Crippen LogP) is 2.23. The third-order valence-corrected chi connectivity index (χ3v) is 5.15. The SMILES string of the molecule is COC(=O)C(N)C12CC(c3cc(C)ccc3C)(C1)C2. The van der Waals surface area contributed by atoms with Gasteiger partial charge >= 0.3 is 5.97 Å². The Morgan fingerprint density at radius 3 is 2.53 bits per heavy atom. The van der Waals surface area contributed by atoms with Gasteiger partial charge in [0.2, 0.25) is 0 Å². The Morgan fingerprint density at radius 1 is 1.32 bits per heavy atom. The standard InChI is InChI=1S/C16H21NO2/c1-10-4-5-11(2)12(6-10)15-7-16(8-15,9-15)13(17)14(18)19-3/h4-6,13H,7-9,17H2,1-3H3. The summed E-state index contributed by atoms with van der Waals surface area (Å²) in [6.45, 7) is 4.30. The molecule has 102 valence electrons. The van der Waals surface area contributed by atoms with Crippen LogP contribution in [-0.2, 0) is 14.9 Å². The average Bonchev–Trinajstić information content (AvgIpc) is 2.29. The Morgan fingerprint density at radius 2 is 1.95 bits per heavy atom. The van der Waals surface area contributed by atoms with Crippen molar-refractivity contribution in [3.63, 3.8) is 0 Å². The van der Waals surface area contributed by atoms with Crippen LogP contribution >= 0.6 is 0 Å². The van der Waals surface area contributed by atoms with Crippen LogP contribution in [0.1, 0.15) is 36.0 Å². The average molecular weight is 259 g/mol. The number of carbonyl (C=O) groups excluding carboxylic acids is 1. The second-order valence-corrected chi connectivity index (χ2v) is 6.49. The fourth-order valence-corrected chi connectivity index (χ4v) is 4.17. The third kappa shape index (κ3) is 1.57. The lowest BCUT2D eigenvalue weighted by atomic mass is 9.31. The van der Waals surface area contributed by atoms with Gasteiger partial charge in [-0.15, -0.1) is 0 Å². The third-order valence-electron chi connectivity index (χ3n) is 5.15. The number of esters is 1. The second kappa shape index (κ2) is 3.83. The molecule has 3 aliphatic carbocycles. The molecule has 3 saturated carbocycles. The smallest absolute Gasteiger partial charge is 0.323 e. The Hall–Kier alpha value is -1.35. The number of ether oxygens (including phenoxy) is 1. The maximum atomic E-state index is 11.6. The van der Waals surface area contributed by atoms with Crippen molar-refractivity contribution in [2.45, 2.75) is 44.6 Å². The molecule has 4 rings (SSSR count). The van der Waals surface area contributed by atoms with Crippen LogP contribution in [0.25, 0.3) is 0 Å². The fraction of sp³-hybridized carbons (Fsp3) is 0.562. The van der Waals surface area contributed by atoms with Crippen molar-refractivity contribution in [2.24, 2.45) is 11.1 Å². The summed E-state index contributed by atoms with van der Waals surface area (Å²) in [5.41, 5.74) is 10.4. The minimum absolute atomic E-state index is 0.00325. The summed E-state index contributed by atoms with van der Waals surface area (Å²) in [4.78, 5) is 11.6. The summed E-state index contributed by atoms with van der Waals surface area (Å²) in [6, 6.07) is 6.19. The van der Waals surface area contributed by atoms with E-state index in [2.05, 4.69) is 32.0 Å². The molecule has 0 heterocycles. The van der Waals surface area contributed by atoms with Gasteiger partial charge < -0.3 is 10.5 Å². The number of benzene rings is 1. The molecule has 3 heteroatoms. The summed E-state index contributed by atoms with van der Waals surface area (Å²) < 4.78 is 4.78. The van der Waals surface area contributed by atoms with Crippen LogP contribution in [0.4, 0.5) is 0 Å². The van der Waals surface area contributed by atoms with Gasteiger partial charge in [0.05, 0.1) is 7.11 Å². The number of hydrogen-bond acceptors (Lipinski definition) is 3. The molecule has 1 unspecified atom stereocenters. The van der Waals surface area contributed by atoms with Crippen molar-refractivity contribution in [1.29, 1.82) is 0 Å². The van der Waals surface area contributed by atoms with Gasteiger partial charge in [-0.1, -0.05) is 23.8 Å². The van der Waals surface area contributed by atoms with E-state index in [4.69, 9.17) is 10.5 Å². The molecule has 2 bridgehead atoms. The van der Waals surface area contributed by atoms with Gasteiger partial charge in [-0.2, -0.15) is 0 Å². The predicted molar refractivity (Wildman–Crippen MR) is 73.9 cm³/mol. The molecule has 0 radical (unpaired) electrons. The Balaban J connectivity index is 1.80. The zero-order valence-corrected chi connectivity index (χ0v) is 11.8. The normalized spacial score (nSPS) is 33.1. The van der Waals surface area contributed by atoms with Crippen LogP contribution in [-0.4, -0.2) is 19.1 Å². The first-order valence-corrected chi connectivity index (χ1v) is 6.84. The highest BCUT2D eigenvalue weighted by atomic mass is 16.5. The molecule has 0 aliphatic heterocycles. The van der Waals surface area contributed by atoms with Crippen LogP contribution in [0.15, 0.2) is 18.2 Å². The first-order chi connectivity index (χ1) is 8.92. The van der Waals surface area contributed by atoms with Crippen LogP contribution in [0, 0.1) is 19.3 Å². The summed E-state index contributed by atoms with van der Waals surface area (Å²) in [5.74, 6) is -0.269. The zero-order chi connectivity index (χ0) is 13.8. The maximum Gasteiger partial charge on any atom is 0.323 e. The van der Waals surface area contributed by atoms with E-state index in [1.165, 1.54) is 23.8 Å². The number of carbonyl (C=O) groups is 1. The Kier molecular flexibility index (Phi) is 2.55. The topological polar surface area (TPSA) is 52.3 Å². The van der Waals surface area contributed by atoms with Crippen molar-refractivity contribution in [3.05, 3.63) is 34.9 Å². The van der Waals surface area contributed by atoms with Gasteiger partial charge in [0.15, 0.2) is 0 Å². The second-order valence-electron chi connectivity index (χ2n) is 6.49. The van der Waals surface area contributed by atoms with E-state index in [1.54, 1.807) is 0 Å². The monoisotopic (exact) mass is 259 g/mol. The molecule has 0 spiro atoms. The largest absolute Gasteiger partial charge is 0.468 e. The zero-order valence-electron chi connectivity index (χ0n) is 11.8. The minimum atomic E-state index is -0.454. The molecule has 0 saturated heterocycles. The number of nitrogens with two attached hydrogens (primary N) is 1. The van der Waals surface area contributed by atoms with Crippen molar-refractivity contribution in [2.75, 3.05) is 7.11 Å². The van der Waals surface area contributed by atoms with Crippen LogP contribution in [0.3, 0.4) is 0 Å². The van der Waals surface area contributed by atoms with Gasteiger partial charge in [0.1, 0.15) is 6.04 Å². The first kappa shape index (κ1) is 12.7. The molecular formula is C16H21NO2. The first-order valence-electron chi connectivity index (χ1n) is 6.84. The van der Waals surface area contributed by atoms with Crippen molar-refractivity contribution < 1.29 is 9.53 Å². The quantitative estimate of drug-likeness (QED) is 0.847. The lowest BCUT2D eigenvalue weighted by Crippen LogP contribution is -2.72. The minimum Gasteiger partial charge on any atom is -0.468 e. The highest BCUT2D eigenvalue weighted by Gasteiger charge is 2.71. The molecule has 0 amide bonds. The van der Waals surface area contributed by atoms with E-state index >= 15 is 0 Å². The Labute approximate surface area is 114 Å². The van der Waals surface area contributed by atoms with Crippen molar-refractivity contribution in [1.82, 2.24) is 0 Å². The van der Waals surface area contributed by atoms with Crippen LogP contribution in [0.5, 0.6) is 0 Å². The van der Waals surface area contributed by atoms with Gasteiger partial charge in [-0.25, -0.2) is 0 Å². The summed E-state index contributed by atoms with van der Waals surface area (Å²) in [7, 11) is 1.41. The number of rotatable bonds is 3. The van der Waals surface area contributed by atoms with Crippen LogP contribution < -0.4 is 5.73 Å². The summed E-state index contributed by atoms with van der Waals surface area (Å²) in [5, 5.41) is 0. The van der Waals surface area contributed by atoms with E-state index in [1.807, 2.05) is 0 Å². The fourth-order valence-electron chi connectivity index (χ4n) is 4.17. The van der Waals surface area contributed by atoms with Crippen molar-refractivity contribution in [3.8, 4) is 0 Å². The van der Waals surface area contributed by atoms with E-state index < -0.39 is 6.04 Å². The van der Waals surface area contributed by atoms with E-state index in [0.29, 0.717) is 0 Å². The molecule has 1 aromatic carbocycles. The molecule has 0 aromatic heterocycles. The molecule has 1 aromatic rings. The Bertz CT molecular complexity index is 530. The van der Waals surface area contributed by atoms with Gasteiger partial charge in [0, 0.05) is 0 Å². The highest BCUT2D eigenvalue weighted by Crippen LogP contribution is 2.75. The number of methoxy groups -OCH3 is 1. The van der Waals surface area contributed by atoms with Crippen LogP contribution in [0.2, 0.25) is 0 Å². The lowest BCUT2D eigenvalue weighted by molar-refractivity contribution is -0.181. The molecule has 2 N–H and O–H groups in total. The molecular weight excluding hydrogens is 238 g/mol. The van der Waals surface area contributed by atoms with Gasteiger partial charge in [0.25, 0.3) is 0 Å². The van der Waals surface area contributed by atoms with E-state index in [9.17, 15) is 4.79 Å². The van der Waals surface area contributed by atoms with Gasteiger partial charge in [-0.3, -0.25) is 4.79 Å². The van der Waals surface area contributed by atoms with Gasteiger partial charge in [-0.05, 0) is 55.1 Å². The van der Waals surface area contributed by atoms with E-state index in [-0.39, 0.29) is 16.8 Å². The highest BCUT2D eigenvalue weighted by molar-refractivity contribution is 5.78. The lowest BCUT2D eigenvalue weighted by Gasteiger charge is -2.72. The van der Waals surface area contributed by atoms with E-state index in [0.717, 1.165) is 19.3 Å². The molecule has 1 atom stereocenters. The van der Waals surface area contributed by atoms with Crippen molar-refractivity contribution >= 4 is 5.97 Å². The number of aryl methyl sites for hydroxylation is 2. The molecule has 3 fully saturated rings. The number of hydrogen-bond donors (Lipinski definition) is 1. The summed E-state index contributed by atoms with van der Waals surface area (Å²) >= 11 is 0. The molecule has 3 nitrogen and oxygen atoms in total. The summed E-state index contributed by atoms with van der Waals surface area (Å²) in [6.07, 6.45) is 3.08.